The molecule has 0 fully saturated rings. The highest BCUT2D eigenvalue weighted by Gasteiger charge is 2.18. The van der Waals surface area contributed by atoms with Crippen molar-refractivity contribution in [2.24, 2.45) is 11.8 Å². The third-order valence-electron chi connectivity index (χ3n) is 1.95. The third-order valence-corrected chi connectivity index (χ3v) is 1.95. The molecule has 0 aliphatic rings. The van der Waals surface area contributed by atoms with E-state index < -0.39 is 0 Å². The van der Waals surface area contributed by atoms with E-state index in [2.05, 4.69) is 33.0 Å². The number of amides is 1. The van der Waals surface area contributed by atoms with Crippen molar-refractivity contribution in [3.8, 4) is 0 Å². The maximum Gasteiger partial charge on any atom is 0.249 e. The van der Waals surface area contributed by atoms with Gasteiger partial charge in [0.05, 0.1) is 0 Å². The number of rotatable bonds is 6. The van der Waals surface area contributed by atoms with Gasteiger partial charge in [0.2, 0.25) is 5.91 Å². The van der Waals surface area contributed by atoms with E-state index in [1.54, 1.807) is 7.11 Å². The molecule has 0 saturated carbocycles. The Balaban J connectivity index is 3.92. The van der Waals surface area contributed by atoms with Gasteiger partial charge in [0.15, 0.2) is 0 Å². The molecule has 1 amide bonds. The van der Waals surface area contributed by atoms with Gasteiger partial charge in [-0.05, 0) is 18.3 Å². The molecule has 1 N–H and O–H groups in total. The number of carbonyl (C=O) groups excluding carboxylic acids is 1. The zero-order valence-electron chi connectivity index (χ0n) is 9.96. The summed E-state index contributed by atoms with van der Waals surface area (Å²) in [6, 6.07) is 0. The summed E-state index contributed by atoms with van der Waals surface area (Å²) in [6.45, 7) is 9.04. The topological polar surface area (TPSA) is 38.3 Å². The molecule has 3 heteroatoms. The summed E-state index contributed by atoms with van der Waals surface area (Å²) in [7, 11) is 1.59. The lowest BCUT2D eigenvalue weighted by Crippen LogP contribution is -2.38. The number of ether oxygens (including phenoxy) is 1. The van der Waals surface area contributed by atoms with Gasteiger partial charge in [0, 0.05) is 13.7 Å². The quantitative estimate of drug-likeness (QED) is 0.712. The second-order valence-electron chi connectivity index (χ2n) is 4.49. The van der Waals surface area contributed by atoms with Gasteiger partial charge in [0.1, 0.15) is 6.10 Å². The normalized spacial score (nSPS) is 13.4. The van der Waals surface area contributed by atoms with Crippen LogP contribution in [-0.2, 0) is 9.53 Å². The van der Waals surface area contributed by atoms with Gasteiger partial charge in [-0.1, -0.05) is 27.7 Å². The molecule has 3 nitrogen and oxygen atoms in total. The fourth-order valence-corrected chi connectivity index (χ4v) is 1.16. The van der Waals surface area contributed by atoms with E-state index >= 15 is 0 Å². The first-order valence-electron chi connectivity index (χ1n) is 5.27. The molecule has 0 unspecified atom stereocenters. The molecule has 1 atom stereocenters. The summed E-state index contributed by atoms with van der Waals surface area (Å²) in [4.78, 5) is 11.6. The second-order valence-corrected chi connectivity index (χ2v) is 4.49. The zero-order valence-corrected chi connectivity index (χ0v) is 9.96. The van der Waals surface area contributed by atoms with Crippen molar-refractivity contribution in [3.63, 3.8) is 0 Å². The molecule has 0 rings (SSSR count). The predicted molar refractivity (Wildman–Crippen MR) is 58.1 cm³/mol. The summed E-state index contributed by atoms with van der Waals surface area (Å²) in [6.07, 6.45) is 0.481. The lowest BCUT2D eigenvalue weighted by Gasteiger charge is -2.17. The van der Waals surface area contributed by atoms with Gasteiger partial charge < -0.3 is 10.1 Å². The first kappa shape index (κ1) is 13.4. The summed E-state index contributed by atoms with van der Waals surface area (Å²) in [5, 5.41) is 2.87. The van der Waals surface area contributed by atoms with E-state index in [-0.39, 0.29) is 12.0 Å². The van der Waals surface area contributed by atoms with E-state index in [4.69, 9.17) is 4.74 Å². The molecule has 0 radical (unpaired) electrons. The summed E-state index contributed by atoms with van der Waals surface area (Å²) in [5.74, 6) is 0.968. The molecule has 0 bridgehead atoms. The third kappa shape index (κ3) is 5.97. The smallest absolute Gasteiger partial charge is 0.249 e. The largest absolute Gasteiger partial charge is 0.372 e. The Labute approximate surface area is 87.2 Å². The van der Waals surface area contributed by atoms with Gasteiger partial charge in [-0.3, -0.25) is 4.79 Å². The standard InChI is InChI=1S/C11H23NO2/c1-8(2)6-10(14-5)11(13)12-7-9(3)4/h8-10H,6-7H2,1-5H3,(H,12,13)/t10-/m1/s1. The molecule has 0 aromatic carbocycles. The van der Waals surface area contributed by atoms with Crippen molar-refractivity contribution in [1.82, 2.24) is 5.32 Å². The van der Waals surface area contributed by atoms with Crippen LogP contribution in [0.1, 0.15) is 34.1 Å². The minimum Gasteiger partial charge on any atom is -0.372 e. The molecule has 0 heterocycles. The van der Waals surface area contributed by atoms with Crippen LogP contribution >= 0.6 is 0 Å². The van der Waals surface area contributed by atoms with Crippen LogP contribution in [0.4, 0.5) is 0 Å². The maximum atomic E-state index is 11.6. The van der Waals surface area contributed by atoms with Crippen molar-refractivity contribution in [2.75, 3.05) is 13.7 Å². The van der Waals surface area contributed by atoms with Crippen LogP contribution in [-0.4, -0.2) is 25.7 Å². The van der Waals surface area contributed by atoms with Gasteiger partial charge in [0.25, 0.3) is 0 Å². The van der Waals surface area contributed by atoms with Crippen LogP contribution in [0.5, 0.6) is 0 Å². The van der Waals surface area contributed by atoms with Crippen LogP contribution in [0, 0.1) is 11.8 Å². The average molecular weight is 201 g/mol. The van der Waals surface area contributed by atoms with Crippen molar-refractivity contribution >= 4 is 5.91 Å². The van der Waals surface area contributed by atoms with Gasteiger partial charge in [-0.15, -0.1) is 0 Å². The maximum absolute atomic E-state index is 11.6. The molecule has 0 aliphatic carbocycles. The molecule has 84 valence electrons. The number of methoxy groups -OCH3 is 1. The van der Waals surface area contributed by atoms with Crippen molar-refractivity contribution in [1.29, 1.82) is 0 Å². The zero-order chi connectivity index (χ0) is 11.1. The molecule has 0 aromatic heterocycles. The number of hydrogen-bond acceptors (Lipinski definition) is 2. The Morgan fingerprint density at radius 3 is 2.14 bits per heavy atom. The molecule has 0 aliphatic heterocycles. The fraction of sp³-hybridized carbons (Fsp3) is 0.909. The molecular weight excluding hydrogens is 178 g/mol. The van der Waals surface area contributed by atoms with Gasteiger partial charge in [-0.2, -0.15) is 0 Å². The molecule has 0 spiro atoms. The molecule has 0 aromatic rings. The summed E-state index contributed by atoms with van der Waals surface area (Å²) < 4.78 is 5.14. The lowest BCUT2D eigenvalue weighted by molar-refractivity contribution is -0.132. The Bertz CT molecular complexity index is 167. The number of hydrogen-bond donors (Lipinski definition) is 1. The highest BCUT2D eigenvalue weighted by atomic mass is 16.5. The summed E-state index contributed by atoms with van der Waals surface area (Å²) >= 11 is 0. The summed E-state index contributed by atoms with van der Waals surface area (Å²) in [5.41, 5.74) is 0. The highest BCUT2D eigenvalue weighted by Crippen LogP contribution is 2.07. The van der Waals surface area contributed by atoms with Crippen LogP contribution in [0.25, 0.3) is 0 Å². The average Bonchev–Trinajstić information content (AvgIpc) is 2.09. The molecule has 14 heavy (non-hydrogen) atoms. The van der Waals surface area contributed by atoms with Crippen molar-refractivity contribution in [3.05, 3.63) is 0 Å². The Hall–Kier alpha value is -0.570. The van der Waals surface area contributed by atoms with E-state index in [1.165, 1.54) is 0 Å². The Morgan fingerprint density at radius 2 is 1.79 bits per heavy atom. The number of nitrogens with one attached hydrogen (secondary N) is 1. The van der Waals surface area contributed by atoms with E-state index in [0.717, 1.165) is 13.0 Å². The fourth-order valence-electron chi connectivity index (χ4n) is 1.16. The van der Waals surface area contributed by atoms with E-state index in [9.17, 15) is 4.79 Å². The molecular formula is C11H23NO2. The minimum atomic E-state index is -0.297. The van der Waals surface area contributed by atoms with Crippen molar-refractivity contribution < 1.29 is 9.53 Å². The Morgan fingerprint density at radius 1 is 1.21 bits per heavy atom. The van der Waals surface area contributed by atoms with E-state index in [1.807, 2.05) is 0 Å². The molecule has 0 saturated heterocycles. The second kappa shape index (κ2) is 6.82. The van der Waals surface area contributed by atoms with Crippen LogP contribution in [0.15, 0.2) is 0 Å². The van der Waals surface area contributed by atoms with Gasteiger partial charge in [-0.25, -0.2) is 0 Å². The van der Waals surface area contributed by atoms with Gasteiger partial charge >= 0.3 is 0 Å². The Kier molecular flexibility index (Phi) is 6.54. The number of carbonyl (C=O) groups is 1. The van der Waals surface area contributed by atoms with Crippen molar-refractivity contribution in [2.45, 2.75) is 40.2 Å². The minimum absolute atomic E-state index is 0.00917. The first-order chi connectivity index (χ1) is 6.47. The van der Waals surface area contributed by atoms with Crippen LogP contribution in [0.2, 0.25) is 0 Å². The monoisotopic (exact) mass is 201 g/mol. The predicted octanol–water partition coefficient (Wildman–Crippen LogP) is 1.82. The van der Waals surface area contributed by atoms with Crippen LogP contribution < -0.4 is 5.32 Å². The SMILES string of the molecule is CO[C@H](CC(C)C)C(=O)NCC(C)C. The lowest BCUT2D eigenvalue weighted by atomic mass is 10.1. The highest BCUT2D eigenvalue weighted by molar-refractivity contribution is 5.80. The van der Waals surface area contributed by atoms with Crippen LogP contribution in [0.3, 0.4) is 0 Å². The first-order valence-corrected chi connectivity index (χ1v) is 5.27. The van der Waals surface area contributed by atoms with E-state index in [0.29, 0.717) is 11.8 Å².